The molecule has 0 saturated carbocycles. The Bertz CT molecular complexity index is 510. The molecule has 1 unspecified atom stereocenters. The number of nitrogens with one attached hydrogen (secondary N) is 1. The van der Waals surface area contributed by atoms with E-state index in [0.717, 1.165) is 23.4 Å². The quantitative estimate of drug-likeness (QED) is 0.849. The Hall–Kier alpha value is -1.84. The van der Waals surface area contributed by atoms with Crippen LogP contribution in [0.1, 0.15) is 24.2 Å². The van der Waals surface area contributed by atoms with Gasteiger partial charge >= 0.3 is 0 Å². The Labute approximate surface area is 120 Å². The smallest absolute Gasteiger partial charge is 0.118 e. The molecule has 0 spiro atoms. The number of ether oxygens (including phenoxy) is 1. The molecule has 2 rings (SSSR count). The summed E-state index contributed by atoms with van der Waals surface area (Å²) in [5, 5.41) is 13.6. The van der Waals surface area contributed by atoms with Crippen LogP contribution < -0.4 is 10.1 Å². The van der Waals surface area contributed by atoms with Crippen molar-refractivity contribution in [3.8, 4) is 5.75 Å². The molecule has 0 amide bonds. The molecule has 0 aromatic heterocycles. The highest BCUT2D eigenvalue weighted by molar-refractivity contribution is 5.27. The summed E-state index contributed by atoms with van der Waals surface area (Å²) in [6.07, 6.45) is -0.505. The first-order chi connectivity index (χ1) is 9.70. The molecule has 2 aromatic carbocycles. The van der Waals surface area contributed by atoms with Crippen LogP contribution in [0.3, 0.4) is 0 Å². The third kappa shape index (κ3) is 3.83. The first-order valence-electron chi connectivity index (χ1n) is 6.80. The minimum Gasteiger partial charge on any atom is -0.497 e. The molecule has 106 valence electrons. The lowest BCUT2D eigenvalue weighted by molar-refractivity contribution is 0.135. The van der Waals surface area contributed by atoms with Crippen LogP contribution in [0.4, 0.5) is 0 Å². The van der Waals surface area contributed by atoms with Crippen molar-refractivity contribution >= 4 is 0 Å². The van der Waals surface area contributed by atoms with Crippen molar-refractivity contribution in [2.75, 3.05) is 7.11 Å². The highest BCUT2D eigenvalue weighted by Crippen LogP contribution is 2.17. The van der Waals surface area contributed by atoms with Gasteiger partial charge in [0.1, 0.15) is 5.75 Å². The van der Waals surface area contributed by atoms with E-state index in [-0.39, 0.29) is 6.04 Å². The molecule has 3 nitrogen and oxygen atoms in total. The molecule has 0 fully saturated rings. The second-order valence-electron chi connectivity index (χ2n) is 4.87. The van der Waals surface area contributed by atoms with Crippen LogP contribution in [-0.4, -0.2) is 18.3 Å². The number of hydrogen-bond acceptors (Lipinski definition) is 3. The van der Waals surface area contributed by atoms with Crippen LogP contribution >= 0.6 is 0 Å². The van der Waals surface area contributed by atoms with Crippen molar-refractivity contribution in [2.24, 2.45) is 0 Å². The normalized spacial score (nSPS) is 13.8. The molecular weight excluding hydrogens is 250 g/mol. The van der Waals surface area contributed by atoms with E-state index in [1.807, 2.05) is 61.5 Å². The van der Waals surface area contributed by atoms with Crippen molar-refractivity contribution in [1.82, 2.24) is 5.32 Å². The van der Waals surface area contributed by atoms with E-state index in [1.165, 1.54) is 0 Å². The van der Waals surface area contributed by atoms with Gasteiger partial charge in [-0.05, 0) is 30.2 Å². The Morgan fingerprint density at radius 1 is 1.05 bits per heavy atom. The molecule has 0 bridgehead atoms. The number of benzene rings is 2. The van der Waals surface area contributed by atoms with E-state index in [2.05, 4.69) is 5.32 Å². The Balaban J connectivity index is 1.89. The summed E-state index contributed by atoms with van der Waals surface area (Å²) >= 11 is 0. The average molecular weight is 271 g/mol. The maximum atomic E-state index is 10.3. The van der Waals surface area contributed by atoms with Crippen molar-refractivity contribution < 1.29 is 9.84 Å². The summed E-state index contributed by atoms with van der Waals surface area (Å²) in [5.74, 6) is 0.853. The monoisotopic (exact) mass is 271 g/mol. The fourth-order valence-corrected chi connectivity index (χ4v) is 2.07. The summed E-state index contributed by atoms with van der Waals surface area (Å²) in [4.78, 5) is 0. The Morgan fingerprint density at radius 2 is 1.70 bits per heavy atom. The topological polar surface area (TPSA) is 41.5 Å². The molecule has 0 aliphatic heterocycles. The van der Waals surface area contributed by atoms with Crippen LogP contribution in [0.2, 0.25) is 0 Å². The van der Waals surface area contributed by atoms with Gasteiger partial charge in [-0.25, -0.2) is 0 Å². The van der Waals surface area contributed by atoms with Crippen LogP contribution in [0, 0.1) is 0 Å². The third-order valence-electron chi connectivity index (χ3n) is 3.40. The Morgan fingerprint density at radius 3 is 2.30 bits per heavy atom. The van der Waals surface area contributed by atoms with E-state index in [1.54, 1.807) is 7.11 Å². The van der Waals surface area contributed by atoms with Crippen LogP contribution in [0.5, 0.6) is 5.75 Å². The van der Waals surface area contributed by atoms with Gasteiger partial charge in [0.25, 0.3) is 0 Å². The lowest BCUT2D eigenvalue weighted by Gasteiger charge is -2.20. The fraction of sp³-hybridized carbons (Fsp3) is 0.294. The molecule has 2 N–H and O–H groups in total. The molecule has 0 saturated heterocycles. The van der Waals surface area contributed by atoms with Crippen LogP contribution in [0.25, 0.3) is 0 Å². The van der Waals surface area contributed by atoms with E-state index in [4.69, 9.17) is 4.74 Å². The molecular formula is C17H21NO2. The Kier molecular flexibility index (Phi) is 5.16. The molecule has 0 heterocycles. The largest absolute Gasteiger partial charge is 0.497 e. The zero-order chi connectivity index (χ0) is 14.4. The second-order valence-corrected chi connectivity index (χ2v) is 4.87. The molecule has 2 aromatic rings. The molecule has 0 radical (unpaired) electrons. The fourth-order valence-electron chi connectivity index (χ4n) is 2.07. The van der Waals surface area contributed by atoms with Gasteiger partial charge in [0.2, 0.25) is 0 Å². The van der Waals surface area contributed by atoms with Gasteiger partial charge in [-0.3, -0.25) is 0 Å². The minimum absolute atomic E-state index is 0.0144. The maximum Gasteiger partial charge on any atom is 0.118 e. The zero-order valence-electron chi connectivity index (χ0n) is 11.9. The first-order valence-corrected chi connectivity index (χ1v) is 6.80. The summed E-state index contributed by atoms with van der Waals surface area (Å²) in [6, 6.07) is 17.6. The van der Waals surface area contributed by atoms with Gasteiger partial charge in [-0.1, -0.05) is 42.5 Å². The third-order valence-corrected chi connectivity index (χ3v) is 3.40. The number of hydrogen-bond donors (Lipinski definition) is 2. The first kappa shape index (κ1) is 14.6. The van der Waals surface area contributed by atoms with Gasteiger partial charge < -0.3 is 15.2 Å². The lowest BCUT2D eigenvalue weighted by Crippen LogP contribution is -2.31. The average Bonchev–Trinajstić information content (AvgIpc) is 2.53. The van der Waals surface area contributed by atoms with E-state index < -0.39 is 6.10 Å². The summed E-state index contributed by atoms with van der Waals surface area (Å²) < 4.78 is 5.13. The van der Waals surface area contributed by atoms with Crippen LogP contribution in [-0.2, 0) is 6.54 Å². The molecule has 0 aliphatic carbocycles. The maximum absolute atomic E-state index is 10.3. The summed E-state index contributed by atoms with van der Waals surface area (Å²) in [6.45, 7) is 2.70. The van der Waals surface area contributed by atoms with Gasteiger partial charge in [0.05, 0.1) is 13.2 Å². The molecule has 0 aliphatic rings. The summed E-state index contributed by atoms with van der Waals surface area (Å²) in [5.41, 5.74) is 2.10. The van der Waals surface area contributed by atoms with Crippen molar-refractivity contribution in [2.45, 2.75) is 25.6 Å². The van der Waals surface area contributed by atoms with Crippen LogP contribution in [0.15, 0.2) is 54.6 Å². The predicted molar refractivity (Wildman–Crippen MR) is 80.7 cm³/mol. The number of methoxy groups -OCH3 is 1. The van der Waals surface area contributed by atoms with E-state index in [9.17, 15) is 5.11 Å². The molecule has 20 heavy (non-hydrogen) atoms. The minimum atomic E-state index is -0.505. The van der Waals surface area contributed by atoms with Crippen molar-refractivity contribution in [3.05, 3.63) is 65.7 Å². The van der Waals surface area contributed by atoms with E-state index in [0.29, 0.717) is 0 Å². The summed E-state index contributed by atoms with van der Waals surface area (Å²) in [7, 11) is 1.66. The molecule has 2 atom stereocenters. The second kappa shape index (κ2) is 7.08. The number of rotatable bonds is 6. The van der Waals surface area contributed by atoms with E-state index >= 15 is 0 Å². The van der Waals surface area contributed by atoms with Crippen molar-refractivity contribution in [1.29, 1.82) is 0 Å². The van der Waals surface area contributed by atoms with Gasteiger partial charge in [-0.2, -0.15) is 0 Å². The van der Waals surface area contributed by atoms with Gasteiger partial charge in [0.15, 0.2) is 0 Å². The number of aliphatic hydroxyl groups excluding tert-OH is 1. The lowest BCUT2D eigenvalue weighted by atomic mass is 10.0. The predicted octanol–water partition coefficient (Wildman–Crippen LogP) is 2.91. The molecule has 3 heteroatoms. The SMILES string of the molecule is COc1ccc(CN[C@@H](C)C(O)c2ccccc2)cc1. The van der Waals surface area contributed by atoms with Crippen molar-refractivity contribution in [3.63, 3.8) is 0 Å². The highest BCUT2D eigenvalue weighted by atomic mass is 16.5. The van der Waals surface area contributed by atoms with Gasteiger partial charge in [-0.15, -0.1) is 0 Å². The highest BCUT2D eigenvalue weighted by Gasteiger charge is 2.15. The standard InChI is InChI=1S/C17H21NO2/c1-13(17(19)15-6-4-3-5-7-15)18-12-14-8-10-16(20-2)11-9-14/h3-11,13,17-19H,12H2,1-2H3/t13-,17?/m0/s1. The number of aliphatic hydroxyl groups is 1. The zero-order valence-corrected chi connectivity index (χ0v) is 11.9. The van der Waals surface area contributed by atoms with Gasteiger partial charge in [0, 0.05) is 12.6 Å².